The summed E-state index contributed by atoms with van der Waals surface area (Å²) in [5.41, 5.74) is -0.442. The van der Waals surface area contributed by atoms with E-state index >= 15 is 0 Å². The van der Waals surface area contributed by atoms with E-state index in [9.17, 15) is 14.7 Å². The van der Waals surface area contributed by atoms with Gasteiger partial charge in [0.2, 0.25) is 0 Å². The van der Waals surface area contributed by atoms with Crippen molar-refractivity contribution in [3.05, 3.63) is 0 Å². The van der Waals surface area contributed by atoms with Gasteiger partial charge in [0, 0.05) is 31.8 Å². The van der Waals surface area contributed by atoms with E-state index < -0.39 is 46.3 Å². The number of ether oxygens (including phenoxy) is 1. The van der Waals surface area contributed by atoms with Gasteiger partial charge < -0.3 is 35.2 Å². The minimum atomic E-state index is -3.43. The van der Waals surface area contributed by atoms with Gasteiger partial charge >= 0.3 is 46.7 Å². The molecule has 1 N–H and O–H groups in total. The van der Waals surface area contributed by atoms with Gasteiger partial charge in [0.05, 0.1) is 11.8 Å². The first-order valence-electron chi connectivity index (χ1n) is 13.8. The van der Waals surface area contributed by atoms with E-state index in [4.69, 9.17) is 30.0 Å². The van der Waals surface area contributed by atoms with Crippen molar-refractivity contribution < 1.29 is 44.7 Å². The van der Waals surface area contributed by atoms with Gasteiger partial charge in [-0.3, -0.25) is 9.59 Å². The summed E-state index contributed by atoms with van der Waals surface area (Å²) in [6.45, 7) is 13.6. The van der Waals surface area contributed by atoms with E-state index in [1.807, 2.05) is 40.4 Å². The minimum absolute atomic E-state index is 0.0647. The molecule has 3 atom stereocenters. The number of carbonyl (C=O) groups excluding carboxylic acids is 1. The van der Waals surface area contributed by atoms with Crippen molar-refractivity contribution in [2.45, 2.75) is 115 Å². The second-order valence-electron chi connectivity index (χ2n) is 12.7. The highest BCUT2D eigenvalue weighted by Crippen LogP contribution is 2.49. The predicted molar refractivity (Wildman–Crippen MR) is 150 cm³/mol. The number of esters is 1. The van der Waals surface area contributed by atoms with Crippen LogP contribution in [-0.4, -0.2) is 71.6 Å². The van der Waals surface area contributed by atoms with Gasteiger partial charge in [-0.05, 0) is 91.8 Å². The SMILES string of the molecule is CO[Si]1(C)O[Si](C)(C)O[Si](C)(C2CCC(C(=O)OC(C)(C)C)CC2)O[Si](OC)(C2CCC(C(=O)O)CC2)O1. The molecule has 0 spiro atoms. The van der Waals surface area contributed by atoms with Gasteiger partial charge in [0.25, 0.3) is 0 Å². The number of carboxylic acids is 1. The Morgan fingerprint density at radius 2 is 1.26 bits per heavy atom. The van der Waals surface area contributed by atoms with Crippen LogP contribution < -0.4 is 0 Å². The average Bonchev–Trinajstić information content (AvgIpc) is 2.81. The Kier molecular flexibility index (Phi) is 9.98. The molecule has 3 fully saturated rings. The summed E-state index contributed by atoms with van der Waals surface area (Å²) in [5.74, 6) is -1.39. The van der Waals surface area contributed by atoms with Gasteiger partial charge in [0.15, 0.2) is 0 Å². The van der Waals surface area contributed by atoms with Crippen LogP contribution in [-0.2, 0) is 39.6 Å². The molecular formula is C24H48O10Si4. The highest BCUT2D eigenvalue weighted by atomic mass is 28.5. The monoisotopic (exact) mass is 608 g/mol. The second kappa shape index (κ2) is 11.8. The molecule has 3 rings (SSSR count). The molecule has 220 valence electrons. The summed E-state index contributed by atoms with van der Waals surface area (Å²) in [7, 11) is -9.09. The summed E-state index contributed by atoms with van der Waals surface area (Å²) in [6, 6.07) is 0. The lowest BCUT2D eigenvalue weighted by atomic mass is 9.89. The number of hydrogen-bond acceptors (Lipinski definition) is 9. The third-order valence-electron chi connectivity index (χ3n) is 7.99. The molecule has 3 unspecified atom stereocenters. The molecule has 10 nitrogen and oxygen atoms in total. The lowest BCUT2D eigenvalue weighted by Gasteiger charge is -2.52. The lowest BCUT2D eigenvalue weighted by Crippen LogP contribution is -2.71. The molecule has 1 aliphatic heterocycles. The fourth-order valence-corrected chi connectivity index (χ4v) is 26.9. The molecule has 2 aliphatic carbocycles. The van der Waals surface area contributed by atoms with E-state index in [1.54, 1.807) is 14.2 Å². The van der Waals surface area contributed by atoms with Crippen LogP contribution in [0.25, 0.3) is 0 Å². The van der Waals surface area contributed by atoms with E-state index in [-0.39, 0.29) is 28.9 Å². The topological polar surface area (TPSA) is 119 Å². The Hall–Kier alpha value is -0.432. The molecule has 2 saturated carbocycles. The third kappa shape index (κ3) is 7.64. The maximum atomic E-state index is 12.7. The summed E-state index contributed by atoms with van der Waals surface area (Å²) < 4.78 is 45.2. The molecule has 0 aromatic carbocycles. The fraction of sp³-hybridized carbons (Fsp3) is 0.917. The van der Waals surface area contributed by atoms with Crippen molar-refractivity contribution in [1.82, 2.24) is 0 Å². The van der Waals surface area contributed by atoms with Crippen molar-refractivity contribution in [3.63, 3.8) is 0 Å². The molecule has 0 aromatic heterocycles. The Bertz CT molecular complexity index is 854. The van der Waals surface area contributed by atoms with Crippen LogP contribution in [0.3, 0.4) is 0 Å². The predicted octanol–water partition coefficient (Wildman–Crippen LogP) is 5.19. The van der Waals surface area contributed by atoms with Crippen LogP contribution in [0.2, 0.25) is 37.3 Å². The van der Waals surface area contributed by atoms with Crippen LogP contribution in [0.1, 0.15) is 72.1 Å². The summed E-state index contributed by atoms with van der Waals surface area (Å²) >= 11 is 0. The zero-order valence-electron chi connectivity index (χ0n) is 24.6. The smallest absolute Gasteiger partial charge is 0.481 e. The molecule has 1 saturated heterocycles. The summed E-state index contributed by atoms with van der Waals surface area (Å²) in [4.78, 5) is 24.4. The Labute approximate surface area is 232 Å². The summed E-state index contributed by atoms with van der Waals surface area (Å²) in [5, 5.41) is 9.54. The van der Waals surface area contributed by atoms with E-state index in [0.717, 1.165) is 12.8 Å². The van der Waals surface area contributed by atoms with E-state index in [0.29, 0.717) is 38.5 Å². The van der Waals surface area contributed by atoms with Crippen LogP contribution in [0.5, 0.6) is 0 Å². The van der Waals surface area contributed by atoms with Crippen molar-refractivity contribution >= 4 is 46.7 Å². The molecule has 0 amide bonds. The minimum Gasteiger partial charge on any atom is -0.481 e. The van der Waals surface area contributed by atoms with Crippen LogP contribution in [0.15, 0.2) is 0 Å². The zero-order chi connectivity index (χ0) is 28.6. The van der Waals surface area contributed by atoms with Crippen LogP contribution >= 0.6 is 0 Å². The Morgan fingerprint density at radius 1 is 0.737 bits per heavy atom. The lowest BCUT2D eigenvalue weighted by molar-refractivity contribution is -0.161. The average molecular weight is 609 g/mol. The molecule has 0 bridgehead atoms. The van der Waals surface area contributed by atoms with Crippen molar-refractivity contribution in [2.24, 2.45) is 11.8 Å². The van der Waals surface area contributed by atoms with Gasteiger partial charge in [-0.25, -0.2) is 0 Å². The molecular weight excluding hydrogens is 561 g/mol. The maximum absolute atomic E-state index is 12.7. The van der Waals surface area contributed by atoms with Crippen molar-refractivity contribution in [2.75, 3.05) is 14.2 Å². The Balaban J connectivity index is 1.88. The molecule has 38 heavy (non-hydrogen) atoms. The number of hydrogen-bond donors (Lipinski definition) is 1. The first-order chi connectivity index (χ1) is 17.5. The highest BCUT2D eigenvalue weighted by molar-refractivity contribution is 6.91. The first-order valence-corrected chi connectivity index (χ1v) is 23.1. The van der Waals surface area contributed by atoms with Gasteiger partial charge in [-0.1, -0.05) is 0 Å². The molecule has 3 aliphatic rings. The van der Waals surface area contributed by atoms with Gasteiger partial charge in [0.1, 0.15) is 5.60 Å². The second-order valence-corrected chi connectivity index (χ2v) is 26.1. The molecule has 0 aromatic rings. The first kappa shape index (κ1) is 32.1. The maximum Gasteiger partial charge on any atom is 0.487 e. The number of carboxylic acid groups (broad SMARTS) is 1. The highest BCUT2D eigenvalue weighted by Gasteiger charge is 2.65. The summed E-state index contributed by atoms with van der Waals surface area (Å²) in [6.07, 6.45) is 5.40. The normalized spacial score (nSPS) is 40.6. The standard InChI is InChI=1S/C24H48O10Si4/c1-24(2,3)30-23(27)19-12-14-20(15-13-19)36(8)31-35(6,7)32-37(9,28-4)34-38(29-5,33-36)21-16-10-18(11-17-21)22(25)26/h18-21H,10-17H2,1-9H3,(H,25,26). The van der Waals surface area contributed by atoms with E-state index in [1.165, 1.54) is 0 Å². The van der Waals surface area contributed by atoms with Crippen molar-refractivity contribution in [3.8, 4) is 0 Å². The third-order valence-corrected chi connectivity index (χ3v) is 25.4. The molecule has 0 radical (unpaired) electrons. The largest absolute Gasteiger partial charge is 0.487 e. The number of rotatable bonds is 6. The zero-order valence-corrected chi connectivity index (χ0v) is 28.6. The van der Waals surface area contributed by atoms with Gasteiger partial charge in [-0.2, -0.15) is 0 Å². The van der Waals surface area contributed by atoms with Gasteiger partial charge in [-0.15, -0.1) is 0 Å². The van der Waals surface area contributed by atoms with E-state index in [2.05, 4.69) is 6.55 Å². The Morgan fingerprint density at radius 3 is 1.74 bits per heavy atom. The fourth-order valence-electron chi connectivity index (χ4n) is 6.16. The van der Waals surface area contributed by atoms with Crippen molar-refractivity contribution in [1.29, 1.82) is 0 Å². The van der Waals surface area contributed by atoms with Crippen LogP contribution in [0, 0.1) is 11.8 Å². The quantitative estimate of drug-likeness (QED) is 0.319. The molecule has 14 heteroatoms. The number of aliphatic carboxylic acids is 1. The van der Waals surface area contributed by atoms with Crippen LogP contribution in [0.4, 0.5) is 0 Å². The number of carbonyl (C=O) groups is 2. The molecule has 1 heterocycles.